The molecule has 0 radical (unpaired) electrons. The first-order valence-corrected chi connectivity index (χ1v) is 10.2. The van der Waals surface area contributed by atoms with Crippen LogP contribution in [0.4, 0.5) is 0 Å². The van der Waals surface area contributed by atoms with Gasteiger partial charge in [0.1, 0.15) is 0 Å². The predicted molar refractivity (Wildman–Crippen MR) is 114 cm³/mol. The van der Waals surface area contributed by atoms with Crippen LogP contribution in [0.5, 0.6) is 17.2 Å². The Balaban J connectivity index is 2.10. The van der Waals surface area contributed by atoms with Crippen LogP contribution in [-0.4, -0.2) is 54.4 Å². The highest BCUT2D eigenvalue weighted by molar-refractivity contribution is 7.99. The number of thioether (sulfide) groups is 1. The number of rotatable bonds is 9. The van der Waals surface area contributed by atoms with E-state index in [9.17, 15) is 4.79 Å². The molecule has 30 heavy (non-hydrogen) atoms. The summed E-state index contributed by atoms with van der Waals surface area (Å²) < 4.78 is 23.3. The van der Waals surface area contributed by atoms with Crippen LogP contribution in [0.15, 0.2) is 47.6 Å². The Labute approximate surface area is 179 Å². The molecule has 0 saturated heterocycles. The van der Waals surface area contributed by atoms with Crippen molar-refractivity contribution in [3.63, 3.8) is 0 Å². The minimum atomic E-state index is -0.306. The van der Waals surface area contributed by atoms with E-state index in [1.807, 2.05) is 47.0 Å². The smallest absolute Gasteiger partial charge is 0.316 e. The maximum atomic E-state index is 11.8. The third kappa shape index (κ3) is 4.51. The third-order valence-electron chi connectivity index (χ3n) is 4.20. The van der Waals surface area contributed by atoms with Gasteiger partial charge in [0, 0.05) is 11.3 Å². The minimum Gasteiger partial charge on any atom is -0.493 e. The Morgan fingerprint density at radius 2 is 1.67 bits per heavy atom. The molecule has 0 aliphatic rings. The number of carbonyl (C=O) groups excluding carboxylic acids is 1. The summed E-state index contributed by atoms with van der Waals surface area (Å²) in [6, 6.07) is 13.3. The van der Waals surface area contributed by atoms with Crippen LogP contribution in [0.25, 0.3) is 17.1 Å². The monoisotopic (exact) mass is 429 g/mol. The van der Waals surface area contributed by atoms with E-state index in [1.54, 1.807) is 28.3 Å². The van der Waals surface area contributed by atoms with E-state index in [0.717, 1.165) is 11.3 Å². The first-order chi connectivity index (χ1) is 14.6. The zero-order valence-corrected chi connectivity index (χ0v) is 18.1. The van der Waals surface area contributed by atoms with Gasteiger partial charge in [-0.05, 0) is 31.2 Å². The second-order valence-corrected chi connectivity index (χ2v) is 6.93. The molecule has 2 aromatic carbocycles. The van der Waals surface area contributed by atoms with Gasteiger partial charge in [-0.1, -0.05) is 30.0 Å². The van der Waals surface area contributed by atoms with Crippen molar-refractivity contribution in [2.45, 2.75) is 12.1 Å². The van der Waals surface area contributed by atoms with Gasteiger partial charge in [0.05, 0.1) is 33.7 Å². The van der Waals surface area contributed by atoms with Gasteiger partial charge in [0.15, 0.2) is 22.5 Å². The largest absolute Gasteiger partial charge is 0.493 e. The molecule has 3 rings (SSSR count). The van der Waals surface area contributed by atoms with Crippen molar-refractivity contribution in [3.8, 4) is 34.3 Å². The van der Waals surface area contributed by atoms with E-state index in [1.165, 1.54) is 11.8 Å². The normalized spacial score (nSPS) is 10.5. The second-order valence-electron chi connectivity index (χ2n) is 5.98. The summed E-state index contributed by atoms with van der Waals surface area (Å²) in [4.78, 5) is 11.8. The number of hydrogen-bond acceptors (Lipinski definition) is 8. The molecule has 0 amide bonds. The maximum absolute atomic E-state index is 11.8. The van der Waals surface area contributed by atoms with Crippen molar-refractivity contribution in [1.82, 2.24) is 14.8 Å². The molecule has 0 fully saturated rings. The topological polar surface area (TPSA) is 84.7 Å². The number of hydrogen-bond donors (Lipinski definition) is 0. The lowest BCUT2D eigenvalue weighted by atomic mass is 10.1. The van der Waals surface area contributed by atoms with Crippen molar-refractivity contribution in [2.75, 3.05) is 33.7 Å². The van der Waals surface area contributed by atoms with E-state index in [4.69, 9.17) is 18.9 Å². The van der Waals surface area contributed by atoms with Gasteiger partial charge in [-0.2, -0.15) is 0 Å². The summed E-state index contributed by atoms with van der Waals surface area (Å²) in [6.07, 6.45) is 0. The van der Waals surface area contributed by atoms with Crippen molar-refractivity contribution in [1.29, 1.82) is 0 Å². The van der Waals surface area contributed by atoms with Crippen LogP contribution < -0.4 is 14.2 Å². The molecule has 3 aromatic rings. The zero-order chi connectivity index (χ0) is 21.5. The fourth-order valence-corrected chi connectivity index (χ4v) is 3.65. The van der Waals surface area contributed by atoms with Gasteiger partial charge in [-0.25, -0.2) is 0 Å². The zero-order valence-electron chi connectivity index (χ0n) is 17.2. The van der Waals surface area contributed by atoms with Crippen LogP contribution in [0, 0.1) is 0 Å². The highest BCUT2D eigenvalue weighted by Crippen LogP contribution is 2.41. The number of para-hydroxylation sites is 1. The molecule has 0 unspecified atom stereocenters. The number of esters is 1. The SMILES string of the molecule is CCOC(=O)CSc1nnc(-c2cc(OC)c(OC)c(OC)c2)n1-c1ccccc1. The lowest BCUT2D eigenvalue weighted by Gasteiger charge is -2.15. The molecular formula is C21H23N3O5S. The van der Waals surface area contributed by atoms with Crippen molar-refractivity contribution in [3.05, 3.63) is 42.5 Å². The van der Waals surface area contributed by atoms with E-state index < -0.39 is 0 Å². The fraction of sp³-hybridized carbons (Fsp3) is 0.286. The van der Waals surface area contributed by atoms with Crippen LogP contribution in [0.1, 0.15) is 6.92 Å². The molecule has 1 heterocycles. The first kappa shape index (κ1) is 21.5. The molecule has 0 aliphatic carbocycles. The molecule has 0 bridgehead atoms. The quantitative estimate of drug-likeness (QED) is 0.377. The minimum absolute atomic E-state index is 0.133. The Hall–Kier alpha value is -3.20. The molecule has 8 nitrogen and oxygen atoms in total. The summed E-state index contributed by atoms with van der Waals surface area (Å²) in [6.45, 7) is 2.11. The second kappa shape index (κ2) is 10.0. The van der Waals surface area contributed by atoms with Gasteiger partial charge in [0.2, 0.25) is 5.75 Å². The van der Waals surface area contributed by atoms with Crippen LogP contribution >= 0.6 is 11.8 Å². The standard InChI is InChI=1S/C21H23N3O5S/c1-5-29-18(25)13-30-21-23-22-20(24(21)15-9-7-6-8-10-15)14-11-16(26-2)19(28-4)17(12-14)27-3/h6-12H,5,13H2,1-4H3. The van der Waals surface area contributed by atoms with Crippen molar-refractivity contribution < 1.29 is 23.7 Å². The lowest BCUT2D eigenvalue weighted by Crippen LogP contribution is -2.08. The molecule has 1 aromatic heterocycles. The van der Waals surface area contributed by atoms with Crippen molar-refractivity contribution >= 4 is 17.7 Å². The molecule has 0 aliphatic heterocycles. The molecule has 0 spiro atoms. The fourth-order valence-electron chi connectivity index (χ4n) is 2.90. The Bertz CT molecular complexity index is 982. The molecule has 0 saturated carbocycles. The highest BCUT2D eigenvalue weighted by Gasteiger charge is 2.21. The average Bonchev–Trinajstić information content (AvgIpc) is 3.21. The van der Waals surface area contributed by atoms with Gasteiger partial charge in [-0.3, -0.25) is 9.36 Å². The molecule has 9 heteroatoms. The number of methoxy groups -OCH3 is 3. The van der Waals surface area contributed by atoms with Gasteiger partial charge < -0.3 is 18.9 Å². The average molecular weight is 429 g/mol. The third-order valence-corrected chi connectivity index (χ3v) is 5.10. The van der Waals surface area contributed by atoms with E-state index >= 15 is 0 Å². The van der Waals surface area contributed by atoms with Crippen molar-refractivity contribution in [2.24, 2.45) is 0 Å². The number of aromatic nitrogens is 3. The Morgan fingerprint density at radius 1 is 1.00 bits per heavy atom. The molecule has 0 atom stereocenters. The predicted octanol–water partition coefficient (Wildman–Crippen LogP) is 3.62. The van der Waals surface area contributed by atoms with E-state index in [0.29, 0.717) is 34.8 Å². The number of benzene rings is 2. The summed E-state index contributed by atoms with van der Waals surface area (Å²) in [5.74, 6) is 1.91. The number of carbonyl (C=O) groups is 1. The van der Waals surface area contributed by atoms with Gasteiger partial charge >= 0.3 is 5.97 Å². The summed E-state index contributed by atoms with van der Waals surface area (Å²) >= 11 is 1.26. The lowest BCUT2D eigenvalue weighted by molar-refractivity contribution is -0.139. The number of nitrogens with zero attached hydrogens (tertiary/aromatic N) is 3. The van der Waals surface area contributed by atoms with Crippen LogP contribution in [0.3, 0.4) is 0 Å². The Morgan fingerprint density at radius 3 is 2.23 bits per heavy atom. The van der Waals surface area contributed by atoms with Crippen LogP contribution in [-0.2, 0) is 9.53 Å². The molecule has 158 valence electrons. The molecular weight excluding hydrogens is 406 g/mol. The van der Waals surface area contributed by atoms with E-state index in [-0.39, 0.29) is 11.7 Å². The summed E-state index contributed by atoms with van der Waals surface area (Å²) in [7, 11) is 4.67. The van der Waals surface area contributed by atoms with Gasteiger partial charge in [0.25, 0.3) is 0 Å². The maximum Gasteiger partial charge on any atom is 0.316 e. The first-order valence-electron chi connectivity index (χ1n) is 9.22. The summed E-state index contributed by atoms with van der Waals surface area (Å²) in [5, 5.41) is 9.26. The Kier molecular flexibility index (Phi) is 7.18. The number of ether oxygens (including phenoxy) is 4. The highest BCUT2D eigenvalue weighted by atomic mass is 32.2. The molecule has 0 N–H and O–H groups in total. The summed E-state index contributed by atoms with van der Waals surface area (Å²) in [5.41, 5.74) is 1.58. The van der Waals surface area contributed by atoms with E-state index in [2.05, 4.69) is 10.2 Å². The van der Waals surface area contributed by atoms with Gasteiger partial charge in [-0.15, -0.1) is 10.2 Å². The van der Waals surface area contributed by atoms with Crippen LogP contribution in [0.2, 0.25) is 0 Å².